The number of hydrogen-bond donors (Lipinski definition) is 0. The smallest absolute Gasteiger partial charge is 0.151 e. The molecule has 2 fully saturated rings. The quantitative estimate of drug-likeness (QED) is 0.870. The van der Waals surface area contributed by atoms with E-state index in [2.05, 4.69) is 33.1 Å². The van der Waals surface area contributed by atoms with Crippen molar-refractivity contribution in [2.75, 3.05) is 20.1 Å². The van der Waals surface area contributed by atoms with Crippen molar-refractivity contribution >= 4 is 0 Å². The zero-order valence-electron chi connectivity index (χ0n) is 13.0. The Hall–Kier alpha value is -1.72. The summed E-state index contributed by atoms with van der Waals surface area (Å²) in [4.78, 5) is 9.12. The maximum absolute atomic E-state index is 5.54. The van der Waals surface area contributed by atoms with Gasteiger partial charge in [0.2, 0.25) is 0 Å². The molecule has 22 heavy (non-hydrogen) atoms. The van der Waals surface area contributed by atoms with Gasteiger partial charge in [-0.05, 0) is 38.4 Å². The molecule has 2 aromatic heterocycles. The van der Waals surface area contributed by atoms with Crippen LogP contribution in [-0.2, 0) is 6.54 Å². The molecule has 0 saturated carbocycles. The maximum Gasteiger partial charge on any atom is 0.151 e. The van der Waals surface area contributed by atoms with Gasteiger partial charge in [0.25, 0.3) is 0 Å². The summed E-state index contributed by atoms with van der Waals surface area (Å²) < 4.78 is 5.54. The highest BCUT2D eigenvalue weighted by Gasteiger charge is 2.34. The first kappa shape index (κ1) is 13.9. The average molecular weight is 298 g/mol. The molecule has 0 aromatic carbocycles. The predicted molar refractivity (Wildman–Crippen MR) is 84.2 cm³/mol. The summed E-state index contributed by atoms with van der Waals surface area (Å²) >= 11 is 0. The van der Waals surface area contributed by atoms with Crippen LogP contribution in [0.15, 0.2) is 35.1 Å². The number of likely N-dealkylation sites (N-methyl/N-ethyl adjacent to an activating group) is 1. The molecule has 2 aliphatic heterocycles. The van der Waals surface area contributed by atoms with E-state index < -0.39 is 0 Å². The number of rotatable bonds is 3. The fourth-order valence-corrected chi connectivity index (χ4v) is 3.79. The van der Waals surface area contributed by atoms with E-state index in [1.807, 2.05) is 12.1 Å². The van der Waals surface area contributed by atoms with Gasteiger partial charge >= 0.3 is 0 Å². The van der Waals surface area contributed by atoms with Crippen LogP contribution in [0.5, 0.6) is 0 Å². The minimum absolute atomic E-state index is 0.704. The summed E-state index contributed by atoms with van der Waals surface area (Å²) in [5.41, 5.74) is 1.95. The average Bonchev–Trinajstić information content (AvgIpc) is 3.08. The lowest BCUT2D eigenvalue weighted by Crippen LogP contribution is -2.36. The molecule has 116 valence electrons. The minimum atomic E-state index is 0.704. The monoisotopic (exact) mass is 298 g/mol. The summed E-state index contributed by atoms with van der Waals surface area (Å²) in [7, 11) is 2.28. The summed E-state index contributed by atoms with van der Waals surface area (Å²) in [5, 5.41) is 4.20. The van der Waals surface area contributed by atoms with Crippen molar-refractivity contribution in [3.8, 4) is 11.3 Å². The molecule has 0 aliphatic carbocycles. The van der Waals surface area contributed by atoms with Gasteiger partial charge in [-0.15, -0.1) is 0 Å². The fourth-order valence-electron chi connectivity index (χ4n) is 3.79. The van der Waals surface area contributed by atoms with Gasteiger partial charge in [0.05, 0.1) is 6.54 Å². The van der Waals surface area contributed by atoms with Crippen LogP contribution in [0.25, 0.3) is 11.3 Å². The van der Waals surface area contributed by atoms with Crippen molar-refractivity contribution < 1.29 is 4.52 Å². The SMILES string of the molecule is CN1[C@@H]2CC[C@H]1CN(Cc1cc(-c3ccncc3)no1)CC2. The Morgan fingerprint density at radius 2 is 2.00 bits per heavy atom. The van der Waals surface area contributed by atoms with Crippen LogP contribution in [0.2, 0.25) is 0 Å². The van der Waals surface area contributed by atoms with Crippen LogP contribution in [0.4, 0.5) is 0 Å². The van der Waals surface area contributed by atoms with Crippen molar-refractivity contribution in [3.63, 3.8) is 0 Å². The molecule has 0 unspecified atom stereocenters. The van der Waals surface area contributed by atoms with E-state index in [0.717, 1.165) is 42.7 Å². The lowest BCUT2D eigenvalue weighted by Gasteiger charge is -2.24. The van der Waals surface area contributed by atoms with Gasteiger partial charge in [0.15, 0.2) is 5.76 Å². The molecule has 0 spiro atoms. The van der Waals surface area contributed by atoms with Gasteiger partial charge in [0, 0.05) is 49.2 Å². The number of aromatic nitrogens is 2. The second-order valence-corrected chi connectivity index (χ2v) is 6.49. The molecule has 0 radical (unpaired) electrons. The highest BCUT2D eigenvalue weighted by molar-refractivity contribution is 5.57. The molecular weight excluding hydrogens is 276 g/mol. The topological polar surface area (TPSA) is 45.4 Å². The highest BCUT2D eigenvalue weighted by atomic mass is 16.5. The van der Waals surface area contributed by atoms with Gasteiger partial charge in [-0.1, -0.05) is 5.16 Å². The third-order valence-corrected chi connectivity index (χ3v) is 5.15. The number of pyridine rings is 1. The first-order valence-electron chi connectivity index (χ1n) is 8.10. The van der Waals surface area contributed by atoms with E-state index in [-0.39, 0.29) is 0 Å². The summed E-state index contributed by atoms with van der Waals surface area (Å²) in [6, 6.07) is 7.46. The van der Waals surface area contributed by atoms with E-state index in [1.165, 1.54) is 19.3 Å². The Morgan fingerprint density at radius 1 is 1.18 bits per heavy atom. The molecule has 4 heterocycles. The zero-order chi connectivity index (χ0) is 14.9. The Bertz CT molecular complexity index is 627. The molecule has 2 bridgehead atoms. The molecule has 2 aliphatic rings. The lowest BCUT2D eigenvalue weighted by molar-refractivity contribution is 0.199. The van der Waals surface area contributed by atoms with Crippen molar-refractivity contribution in [2.45, 2.75) is 37.9 Å². The van der Waals surface area contributed by atoms with Crippen LogP contribution in [-0.4, -0.2) is 52.2 Å². The second-order valence-electron chi connectivity index (χ2n) is 6.49. The van der Waals surface area contributed by atoms with E-state index in [1.54, 1.807) is 12.4 Å². The van der Waals surface area contributed by atoms with Gasteiger partial charge < -0.3 is 4.52 Å². The first-order valence-corrected chi connectivity index (χ1v) is 8.10. The molecule has 0 amide bonds. The third-order valence-electron chi connectivity index (χ3n) is 5.15. The van der Waals surface area contributed by atoms with Crippen LogP contribution in [0.1, 0.15) is 25.0 Å². The largest absolute Gasteiger partial charge is 0.359 e. The van der Waals surface area contributed by atoms with E-state index >= 15 is 0 Å². The molecule has 2 atom stereocenters. The molecule has 5 heteroatoms. The van der Waals surface area contributed by atoms with Crippen molar-refractivity contribution in [2.24, 2.45) is 0 Å². The predicted octanol–water partition coefficient (Wildman–Crippen LogP) is 2.41. The molecule has 2 saturated heterocycles. The van der Waals surface area contributed by atoms with E-state index in [4.69, 9.17) is 4.52 Å². The number of hydrogen-bond acceptors (Lipinski definition) is 5. The van der Waals surface area contributed by atoms with Gasteiger partial charge in [-0.3, -0.25) is 14.8 Å². The Kier molecular flexibility index (Phi) is 3.68. The van der Waals surface area contributed by atoms with Crippen molar-refractivity contribution in [1.82, 2.24) is 19.9 Å². The van der Waals surface area contributed by atoms with Crippen LogP contribution in [0.3, 0.4) is 0 Å². The fraction of sp³-hybridized carbons (Fsp3) is 0.529. The molecule has 2 aromatic rings. The summed E-state index contributed by atoms with van der Waals surface area (Å²) in [6.45, 7) is 3.14. The Morgan fingerprint density at radius 3 is 2.86 bits per heavy atom. The van der Waals surface area contributed by atoms with Crippen molar-refractivity contribution in [3.05, 3.63) is 36.4 Å². The highest BCUT2D eigenvalue weighted by Crippen LogP contribution is 2.29. The zero-order valence-corrected chi connectivity index (χ0v) is 13.0. The number of nitrogens with zero attached hydrogens (tertiary/aromatic N) is 4. The standard InChI is InChI=1S/C17H22N4O/c1-20-14-2-3-15(20)11-21(9-6-14)12-16-10-17(19-22-16)13-4-7-18-8-5-13/h4-5,7-8,10,14-15H,2-3,6,9,11-12H2,1H3/t14-,15+/m1/s1. The van der Waals surface area contributed by atoms with Crippen molar-refractivity contribution in [1.29, 1.82) is 0 Å². The molecular formula is C17H22N4O. The molecule has 5 nitrogen and oxygen atoms in total. The number of fused-ring (bicyclic) bond motifs is 2. The Labute approximate surface area is 130 Å². The maximum atomic E-state index is 5.54. The molecule has 4 rings (SSSR count). The van der Waals surface area contributed by atoms with Crippen LogP contribution >= 0.6 is 0 Å². The van der Waals surface area contributed by atoms with Crippen LogP contribution < -0.4 is 0 Å². The summed E-state index contributed by atoms with van der Waals surface area (Å²) in [6.07, 6.45) is 7.52. The summed E-state index contributed by atoms with van der Waals surface area (Å²) in [5.74, 6) is 0.951. The van der Waals surface area contributed by atoms with Gasteiger partial charge in [0.1, 0.15) is 5.69 Å². The first-order chi connectivity index (χ1) is 10.8. The normalized spacial score (nSPS) is 26.2. The van der Waals surface area contributed by atoms with Gasteiger partial charge in [-0.2, -0.15) is 0 Å². The lowest BCUT2D eigenvalue weighted by atomic mass is 10.1. The van der Waals surface area contributed by atoms with E-state index in [0.29, 0.717) is 6.04 Å². The van der Waals surface area contributed by atoms with Crippen LogP contribution in [0, 0.1) is 0 Å². The van der Waals surface area contributed by atoms with Gasteiger partial charge in [-0.25, -0.2) is 0 Å². The second kappa shape index (κ2) is 5.82. The third kappa shape index (κ3) is 2.66. The van der Waals surface area contributed by atoms with E-state index in [9.17, 15) is 0 Å². The number of likely N-dealkylation sites (tertiary alicyclic amines) is 1. The Balaban J connectivity index is 1.45. The molecule has 0 N–H and O–H groups in total. The minimum Gasteiger partial charge on any atom is -0.359 e.